The number of hydrogen-bond acceptors (Lipinski definition) is 3. The molecule has 1 aliphatic heterocycles. The van der Waals surface area contributed by atoms with Gasteiger partial charge in [-0.15, -0.1) is 0 Å². The van der Waals surface area contributed by atoms with Crippen molar-refractivity contribution in [3.63, 3.8) is 0 Å². The minimum absolute atomic E-state index is 0.132. The number of rotatable bonds is 4. The summed E-state index contributed by atoms with van der Waals surface area (Å²) in [6, 6.07) is 0. The largest absolute Gasteiger partial charge is 0.481 e. The zero-order valence-electron chi connectivity index (χ0n) is 8.70. The lowest BCUT2D eigenvalue weighted by atomic mass is 9.89. The molecule has 82 valence electrons. The van der Waals surface area contributed by atoms with Crippen LogP contribution in [0.1, 0.15) is 32.6 Å². The highest BCUT2D eigenvalue weighted by molar-refractivity contribution is 5.68. The number of piperidine rings is 1. The van der Waals surface area contributed by atoms with Gasteiger partial charge in [0.25, 0.3) is 0 Å². The average Bonchev–Trinajstić information content (AvgIpc) is 2.01. The Morgan fingerprint density at radius 3 is 2.86 bits per heavy atom. The molecule has 0 saturated carbocycles. The molecule has 1 aliphatic rings. The van der Waals surface area contributed by atoms with Crippen LogP contribution in [-0.4, -0.2) is 46.3 Å². The van der Waals surface area contributed by atoms with E-state index in [0.29, 0.717) is 13.0 Å². The van der Waals surface area contributed by atoms with Crippen molar-refractivity contribution in [1.29, 1.82) is 0 Å². The zero-order valence-corrected chi connectivity index (χ0v) is 8.70. The fraction of sp³-hybridized carbons (Fsp3) is 0.900. The van der Waals surface area contributed by atoms with Crippen LogP contribution in [0.4, 0.5) is 0 Å². The van der Waals surface area contributed by atoms with E-state index in [9.17, 15) is 9.90 Å². The van der Waals surface area contributed by atoms with Crippen LogP contribution in [0.5, 0.6) is 0 Å². The number of β-amino-alcohol motifs (C(OH)–C–C–N with tert-alkyl or cyclic N) is 1. The number of hydrogen-bond donors (Lipinski definition) is 2. The predicted molar refractivity (Wildman–Crippen MR) is 53.2 cm³/mol. The van der Waals surface area contributed by atoms with E-state index in [4.69, 9.17) is 5.11 Å². The summed E-state index contributed by atoms with van der Waals surface area (Å²) in [6.07, 6.45) is 2.42. The lowest BCUT2D eigenvalue weighted by Gasteiger charge is -2.38. The van der Waals surface area contributed by atoms with Gasteiger partial charge in [0.2, 0.25) is 0 Å². The molecule has 1 atom stereocenters. The van der Waals surface area contributed by atoms with Crippen molar-refractivity contribution in [2.75, 3.05) is 19.6 Å². The third-order valence-electron chi connectivity index (χ3n) is 2.65. The maximum atomic E-state index is 10.6. The molecule has 1 heterocycles. The van der Waals surface area contributed by atoms with Gasteiger partial charge >= 0.3 is 5.97 Å². The molecule has 4 nitrogen and oxygen atoms in total. The molecule has 2 N–H and O–H groups in total. The van der Waals surface area contributed by atoms with Crippen LogP contribution in [0, 0.1) is 0 Å². The molecule has 1 rings (SSSR count). The Morgan fingerprint density at radius 1 is 1.57 bits per heavy atom. The molecule has 0 amide bonds. The molecule has 0 spiro atoms. The monoisotopic (exact) mass is 201 g/mol. The molecule has 0 aromatic heterocycles. The smallest absolute Gasteiger partial charge is 0.306 e. The van der Waals surface area contributed by atoms with Crippen molar-refractivity contribution in [3.05, 3.63) is 0 Å². The van der Waals surface area contributed by atoms with E-state index < -0.39 is 11.6 Å². The third kappa shape index (κ3) is 3.27. The first-order chi connectivity index (χ1) is 6.56. The van der Waals surface area contributed by atoms with Crippen molar-refractivity contribution in [2.24, 2.45) is 0 Å². The highest BCUT2D eigenvalue weighted by Crippen LogP contribution is 2.24. The van der Waals surface area contributed by atoms with E-state index in [0.717, 1.165) is 25.9 Å². The van der Waals surface area contributed by atoms with Crippen LogP contribution >= 0.6 is 0 Å². The van der Waals surface area contributed by atoms with Gasteiger partial charge in [-0.2, -0.15) is 0 Å². The number of carbonyl (C=O) groups is 1. The van der Waals surface area contributed by atoms with Gasteiger partial charge in [-0.25, -0.2) is 0 Å². The van der Waals surface area contributed by atoms with Gasteiger partial charge in [0.15, 0.2) is 0 Å². The number of nitrogens with zero attached hydrogens (tertiary/aromatic N) is 1. The standard InChI is InChI=1S/C10H19NO3/c1-2-5-11-6-3-4-10(14,8-11)7-9(12)13/h14H,2-8H2,1H3,(H,12,13). The van der Waals surface area contributed by atoms with Crippen LogP contribution < -0.4 is 0 Å². The fourth-order valence-corrected chi connectivity index (χ4v) is 2.14. The van der Waals surface area contributed by atoms with Gasteiger partial charge in [0.05, 0.1) is 12.0 Å². The SMILES string of the molecule is CCCN1CCCC(O)(CC(=O)O)C1. The Hall–Kier alpha value is -0.610. The summed E-state index contributed by atoms with van der Waals surface area (Å²) in [6.45, 7) is 4.52. The second kappa shape index (κ2) is 4.75. The lowest BCUT2D eigenvalue weighted by Crippen LogP contribution is -2.49. The molecule has 1 unspecified atom stereocenters. The maximum absolute atomic E-state index is 10.6. The topological polar surface area (TPSA) is 60.8 Å². The highest BCUT2D eigenvalue weighted by Gasteiger charge is 2.34. The normalized spacial score (nSPS) is 29.0. The lowest BCUT2D eigenvalue weighted by molar-refractivity contribution is -0.145. The van der Waals surface area contributed by atoms with E-state index in [1.54, 1.807) is 0 Å². The molecular weight excluding hydrogens is 182 g/mol. The molecule has 1 fully saturated rings. The molecule has 0 aromatic rings. The first-order valence-electron chi connectivity index (χ1n) is 5.22. The van der Waals surface area contributed by atoms with Gasteiger partial charge < -0.3 is 15.1 Å². The zero-order chi connectivity index (χ0) is 10.6. The summed E-state index contributed by atoms with van der Waals surface area (Å²) in [5.41, 5.74) is -1.00. The Labute approximate surface area is 84.5 Å². The number of likely N-dealkylation sites (tertiary alicyclic amines) is 1. The van der Waals surface area contributed by atoms with Crippen LogP contribution in [0.25, 0.3) is 0 Å². The minimum Gasteiger partial charge on any atom is -0.481 e. The molecule has 0 radical (unpaired) electrons. The summed E-state index contributed by atoms with van der Waals surface area (Å²) in [5, 5.41) is 18.7. The van der Waals surface area contributed by atoms with Crippen LogP contribution in [0.15, 0.2) is 0 Å². The maximum Gasteiger partial charge on any atom is 0.306 e. The molecule has 4 heteroatoms. The fourth-order valence-electron chi connectivity index (χ4n) is 2.14. The van der Waals surface area contributed by atoms with Gasteiger partial charge in [-0.05, 0) is 32.4 Å². The first-order valence-corrected chi connectivity index (χ1v) is 5.22. The number of carboxylic acids is 1. The summed E-state index contributed by atoms with van der Waals surface area (Å²) < 4.78 is 0. The van der Waals surface area contributed by atoms with Gasteiger partial charge in [-0.1, -0.05) is 6.92 Å². The van der Waals surface area contributed by atoms with Crippen LogP contribution in [0.2, 0.25) is 0 Å². The third-order valence-corrected chi connectivity index (χ3v) is 2.65. The van der Waals surface area contributed by atoms with Crippen molar-refractivity contribution in [2.45, 2.75) is 38.2 Å². The quantitative estimate of drug-likeness (QED) is 0.703. The van der Waals surface area contributed by atoms with E-state index >= 15 is 0 Å². The van der Waals surface area contributed by atoms with Gasteiger partial charge in [0, 0.05) is 6.54 Å². The van der Waals surface area contributed by atoms with Crippen molar-refractivity contribution in [3.8, 4) is 0 Å². The Morgan fingerprint density at radius 2 is 2.29 bits per heavy atom. The van der Waals surface area contributed by atoms with E-state index in [1.165, 1.54) is 0 Å². The molecular formula is C10H19NO3. The predicted octanol–water partition coefficient (Wildman–Crippen LogP) is 0.698. The molecule has 14 heavy (non-hydrogen) atoms. The van der Waals surface area contributed by atoms with E-state index in [-0.39, 0.29) is 6.42 Å². The summed E-state index contributed by atoms with van der Waals surface area (Å²) in [7, 11) is 0. The molecule has 0 bridgehead atoms. The number of carboxylic acid groups (broad SMARTS) is 1. The van der Waals surface area contributed by atoms with Crippen molar-refractivity contribution >= 4 is 5.97 Å². The Bertz CT molecular complexity index is 206. The average molecular weight is 201 g/mol. The summed E-state index contributed by atoms with van der Waals surface area (Å²) in [5.74, 6) is -0.911. The van der Waals surface area contributed by atoms with E-state index in [1.807, 2.05) is 0 Å². The van der Waals surface area contributed by atoms with Crippen molar-refractivity contribution < 1.29 is 15.0 Å². The second-order valence-electron chi connectivity index (χ2n) is 4.17. The molecule has 0 aromatic carbocycles. The molecule has 1 saturated heterocycles. The summed E-state index contributed by atoms with van der Waals surface area (Å²) >= 11 is 0. The minimum atomic E-state index is -1.00. The summed E-state index contributed by atoms with van der Waals surface area (Å²) in [4.78, 5) is 12.7. The van der Waals surface area contributed by atoms with Gasteiger partial charge in [0.1, 0.15) is 0 Å². The van der Waals surface area contributed by atoms with Crippen molar-refractivity contribution in [1.82, 2.24) is 4.90 Å². The molecule has 0 aliphatic carbocycles. The number of aliphatic hydroxyl groups is 1. The number of aliphatic carboxylic acids is 1. The Balaban J connectivity index is 2.48. The first kappa shape index (κ1) is 11.5. The highest BCUT2D eigenvalue weighted by atomic mass is 16.4. The van der Waals surface area contributed by atoms with Crippen LogP contribution in [0.3, 0.4) is 0 Å². The van der Waals surface area contributed by atoms with E-state index in [2.05, 4.69) is 11.8 Å². The second-order valence-corrected chi connectivity index (χ2v) is 4.17. The van der Waals surface area contributed by atoms with Gasteiger partial charge in [-0.3, -0.25) is 4.79 Å². The Kier molecular flexibility index (Phi) is 3.89. The van der Waals surface area contributed by atoms with Crippen LogP contribution in [-0.2, 0) is 4.79 Å².